The van der Waals surface area contributed by atoms with E-state index in [1.165, 1.54) is 0 Å². The van der Waals surface area contributed by atoms with Crippen molar-refractivity contribution in [2.45, 2.75) is 13.3 Å². The maximum atomic E-state index is 13.1. The van der Waals surface area contributed by atoms with Crippen molar-refractivity contribution in [3.05, 3.63) is 66.7 Å². The number of rotatable bonds is 6. The number of methoxy groups -OCH3 is 1. The van der Waals surface area contributed by atoms with Crippen molar-refractivity contribution in [2.24, 2.45) is 5.92 Å². The number of anilines is 2. The third kappa shape index (κ3) is 3.87. The number of hydrogen-bond donors (Lipinski definition) is 0. The molecule has 2 aromatic carbocycles. The highest BCUT2D eigenvalue weighted by atomic mass is 16.5. The molecule has 0 saturated carbocycles. The van der Waals surface area contributed by atoms with E-state index in [0.717, 1.165) is 11.3 Å². The van der Waals surface area contributed by atoms with E-state index in [1.54, 1.807) is 23.0 Å². The van der Waals surface area contributed by atoms with Gasteiger partial charge in [0.1, 0.15) is 5.75 Å². The summed E-state index contributed by atoms with van der Waals surface area (Å²) in [5.74, 6) is 0.100. The smallest absolute Gasteiger partial charge is 0.232 e. The molecule has 2 amide bonds. The second-order valence-electron chi connectivity index (χ2n) is 6.65. The molecule has 5 heteroatoms. The van der Waals surface area contributed by atoms with E-state index in [-0.39, 0.29) is 18.2 Å². The summed E-state index contributed by atoms with van der Waals surface area (Å²) in [6.07, 6.45) is 1.89. The van der Waals surface area contributed by atoms with E-state index in [2.05, 4.69) is 6.58 Å². The fraction of sp³-hybridized carbons (Fsp3) is 0.273. The Morgan fingerprint density at radius 2 is 2.04 bits per heavy atom. The average Bonchev–Trinajstić information content (AvgIpc) is 3.08. The predicted molar refractivity (Wildman–Crippen MR) is 107 cm³/mol. The second kappa shape index (κ2) is 8.08. The van der Waals surface area contributed by atoms with Gasteiger partial charge in [-0.15, -0.1) is 6.58 Å². The van der Waals surface area contributed by atoms with Crippen molar-refractivity contribution in [1.29, 1.82) is 0 Å². The van der Waals surface area contributed by atoms with Crippen LogP contribution in [-0.2, 0) is 9.59 Å². The van der Waals surface area contributed by atoms with Gasteiger partial charge < -0.3 is 14.5 Å². The Morgan fingerprint density at radius 1 is 1.30 bits per heavy atom. The molecule has 2 aromatic rings. The molecule has 0 spiro atoms. The van der Waals surface area contributed by atoms with Crippen LogP contribution in [0.25, 0.3) is 0 Å². The number of benzene rings is 2. The second-order valence-corrected chi connectivity index (χ2v) is 6.65. The average molecular weight is 364 g/mol. The van der Waals surface area contributed by atoms with Gasteiger partial charge in [-0.05, 0) is 36.8 Å². The van der Waals surface area contributed by atoms with Gasteiger partial charge in [0.25, 0.3) is 0 Å². The van der Waals surface area contributed by atoms with Crippen molar-refractivity contribution in [2.75, 3.05) is 30.0 Å². The molecule has 1 saturated heterocycles. The summed E-state index contributed by atoms with van der Waals surface area (Å²) in [7, 11) is 1.58. The molecule has 0 aliphatic carbocycles. The van der Waals surface area contributed by atoms with Gasteiger partial charge in [-0.1, -0.05) is 30.3 Å². The van der Waals surface area contributed by atoms with Gasteiger partial charge in [-0.2, -0.15) is 0 Å². The van der Waals surface area contributed by atoms with E-state index in [0.29, 0.717) is 24.5 Å². The lowest BCUT2D eigenvalue weighted by molar-refractivity contribution is -0.124. The maximum absolute atomic E-state index is 13.1. The van der Waals surface area contributed by atoms with Crippen molar-refractivity contribution in [1.82, 2.24) is 0 Å². The zero-order chi connectivity index (χ0) is 19.4. The third-order valence-corrected chi connectivity index (χ3v) is 4.74. The lowest BCUT2D eigenvalue weighted by Crippen LogP contribution is -2.37. The summed E-state index contributed by atoms with van der Waals surface area (Å²) in [6, 6.07) is 15.2. The first-order chi connectivity index (χ1) is 13.0. The number of carbonyl (C=O) groups excluding carboxylic acids is 2. The minimum atomic E-state index is -0.400. The SMILES string of the molecule is C=CCN(C(=O)C1CC(=O)N(c2cc(C)ccc2OC)C1)c1ccccc1. The van der Waals surface area contributed by atoms with Crippen LogP contribution in [0.4, 0.5) is 11.4 Å². The normalized spacial score (nSPS) is 16.3. The van der Waals surface area contributed by atoms with Gasteiger partial charge in [0.15, 0.2) is 0 Å². The van der Waals surface area contributed by atoms with E-state index in [1.807, 2.05) is 55.5 Å². The van der Waals surface area contributed by atoms with Crippen LogP contribution >= 0.6 is 0 Å². The third-order valence-electron chi connectivity index (χ3n) is 4.74. The Balaban J connectivity index is 1.85. The number of aryl methyl sites for hydroxylation is 1. The summed E-state index contributed by atoms with van der Waals surface area (Å²) in [5, 5.41) is 0. The van der Waals surface area contributed by atoms with Crippen LogP contribution < -0.4 is 14.5 Å². The van der Waals surface area contributed by atoms with Gasteiger partial charge in [0, 0.05) is 25.2 Å². The molecule has 1 unspecified atom stereocenters. The van der Waals surface area contributed by atoms with Gasteiger partial charge in [-0.25, -0.2) is 0 Å². The molecular formula is C22H24N2O3. The molecule has 0 bridgehead atoms. The molecule has 1 aliphatic rings. The van der Waals surface area contributed by atoms with Crippen LogP contribution in [0.3, 0.4) is 0 Å². The van der Waals surface area contributed by atoms with Crippen molar-refractivity contribution >= 4 is 23.2 Å². The molecule has 0 aromatic heterocycles. The molecule has 140 valence electrons. The highest BCUT2D eigenvalue weighted by Crippen LogP contribution is 2.34. The number of para-hydroxylation sites is 1. The fourth-order valence-electron chi connectivity index (χ4n) is 3.40. The van der Waals surface area contributed by atoms with Gasteiger partial charge in [0.05, 0.1) is 18.7 Å². The predicted octanol–water partition coefficient (Wildman–Crippen LogP) is 3.58. The minimum absolute atomic E-state index is 0.0659. The van der Waals surface area contributed by atoms with Crippen molar-refractivity contribution in [3.63, 3.8) is 0 Å². The van der Waals surface area contributed by atoms with Gasteiger partial charge in [-0.3, -0.25) is 9.59 Å². The number of nitrogens with zero attached hydrogens (tertiary/aromatic N) is 2. The Morgan fingerprint density at radius 3 is 2.70 bits per heavy atom. The Labute approximate surface area is 159 Å². The molecule has 1 heterocycles. The summed E-state index contributed by atoms with van der Waals surface area (Å²) in [6.45, 7) is 6.47. The molecule has 0 N–H and O–H groups in total. The first kappa shape index (κ1) is 18.7. The lowest BCUT2D eigenvalue weighted by Gasteiger charge is -2.25. The van der Waals surface area contributed by atoms with Crippen molar-refractivity contribution < 1.29 is 14.3 Å². The fourth-order valence-corrected chi connectivity index (χ4v) is 3.40. The molecule has 3 rings (SSSR count). The van der Waals surface area contributed by atoms with Gasteiger partial charge >= 0.3 is 0 Å². The standard InChI is InChI=1S/C22H24N2O3/c1-4-12-23(18-8-6-5-7-9-18)22(26)17-14-21(25)24(15-17)19-13-16(2)10-11-20(19)27-3/h4-11,13,17H,1,12,14-15H2,2-3H3. The van der Waals surface area contributed by atoms with E-state index in [4.69, 9.17) is 4.74 Å². The molecule has 1 atom stereocenters. The topological polar surface area (TPSA) is 49.9 Å². The monoisotopic (exact) mass is 364 g/mol. The first-order valence-corrected chi connectivity index (χ1v) is 8.97. The molecule has 5 nitrogen and oxygen atoms in total. The van der Waals surface area contributed by atoms with Crippen LogP contribution in [0.15, 0.2) is 61.2 Å². The Bertz CT molecular complexity index is 848. The van der Waals surface area contributed by atoms with E-state index >= 15 is 0 Å². The Hall–Kier alpha value is -3.08. The van der Waals surface area contributed by atoms with Crippen LogP contribution in [0.5, 0.6) is 5.75 Å². The summed E-state index contributed by atoms with van der Waals surface area (Å²) in [5.41, 5.74) is 2.56. The highest BCUT2D eigenvalue weighted by molar-refractivity contribution is 6.05. The highest BCUT2D eigenvalue weighted by Gasteiger charge is 2.38. The van der Waals surface area contributed by atoms with Crippen LogP contribution in [-0.4, -0.2) is 32.0 Å². The summed E-state index contributed by atoms with van der Waals surface area (Å²) in [4.78, 5) is 29.2. The van der Waals surface area contributed by atoms with Crippen LogP contribution in [0, 0.1) is 12.8 Å². The zero-order valence-electron chi connectivity index (χ0n) is 15.7. The van der Waals surface area contributed by atoms with Crippen molar-refractivity contribution in [3.8, 4) is 5.75 Å². The van der Waals surface area contributed by atoms with E-state index < -0.39 is 5.92 Å². The van der Waals surface area contributed by atoms with Crippen LogP contribution in [0.1, 0.15) is 12.0 Å². The zero-order valence-corrected chi connectivity index (χ0v) is 15.7. The minimum Gasteiger partial charge on any atom is -0.495 e. The van der Waals surface area contributed by atoms with E-state index in [9.17, 15) is 9.59 Å². The molecule has 27 heavy (non-hydrogen) atoms. The quantitative estimate of drug-likeness (QED) is 0.736. The Kier molecular flexibility index (Phi) is 5.60. The largest absolute Gasteiger partial charge is 0.495 e. The molecule has 1 aliphatic heterocycles. The summed E-state index contributed by atoms with van der Waals surface area (Å²) < 4.78 is 5.41. The number of ether oxygens (including phenoxy) is 1. The summed E-state index contributed by atoms with van der Waals surface area (Å²) >= 11 is 0. The number of amides is 2. The van der Waals surface area contributed by atoms with Crippen LogP contribution in [0.2, 0.25) is 0 Å². The number of carbonyl (C=O) groups is 2. The molecule has 1 fully saturated rings. The lowest BCUT2D eigenvalue weighted by atomic mass is 10.1. The number of hydrogen-bond acceptors (Lipinski definition) is 3. The first-order valence-electron chi connectivity index (χ1n) is 8.97. The molecular weight excluding hydrogens is 340 g/mol. The van der Waals surface area contributed by atoms with Gasteiger partial charge in [0.2, 0.25) is 11.8 Å². The molecule has 0 radical (unpaired) electrons. The maximum Gasteiger partial charge on any atom is 0.232 e.